The van der Waals surface area contributed by atoms with Gasteiger partial charge in [-0.15, -0.1) is 0 Å². The third-order valence-corrected chi connectivity index (χ3v) is 4.98. The molecule has 0 bridgehead atoms. The van der Waals surface area contributed by atoms with Crippen molar-refractivity contribution in [1.29, 1.82) is 0 Å². The van der Waals surface area contributed by atoms with Gasteiger partial charge in [0.15, 0.2) is 24.0 Å². The molecule has 0 N–H and O–H groups in total. The number of rotatable bonds is 7. The largest absolute Gasteiger partial charge is 0.494 e. The Morgan fingerprint density at radius 1 is 1.14 bits per heavy atom. The standard InChI is InChI=1S/C20H20FNO6/c1-27-17-7-6-12(10-15(17)21)16(23)11-28-18(24)8-9-22-19(25)13-4-2-3-5-14(13)20(22)26/h2-3,6-7,10,13-14H,4-5,8-9,11H2,1H3/t13-,14-/m1/s1. The summed E-state index contributed by atoms with van der Waals surface area (Å²) in [5.41, 5.74) is 0.0487. The molecule has 1 aromatic rings. The van der Waals surface area contributed by atoms with Crippen LogP contribution < -0.4 is 4.74 Å². The quantitative estimate of drug-likeness (QED) is 0.306. The summed E-state index contributed by atoms with van der Waals surface area (Å²) in [6.45, 7) is -0.628. The summed E-state index contributed by atoms with van der Waals surface area (Å²) in [6.07, 6.45) is 4.64. The second-order valence-corrected chi connectivity index (χ2v) is 6.67. The molecule has 0 unspecified atom stereocenters. The van der Waals surface area contributed by atoms with Crippen molar-refractivity contribution in [2.45, 2.75) is 19.3 Å². The Morgan fingerprint density at radius 3 is 2.36 bits per heavy atom. The zero-order chi connectivity index (χ0) is 20.3. The molecule has 0 radical (unpaired) electrons. The van der Waals surface area contributed by atoms with E-state index >= 15 is 0 Å². The number of ether oxygens (including phenoxy) is 2. The molecule has 8 heteroatoms. The van der Waals surface area contributed by atoms with Crippen molar-refractivity contribution >= 4 is 23.6 Å². The lowest BCUT2D eigenvalue weighted by Gasteiger charge is -2.14. The first-order valence-electron chi connectivity index (χ1n) is 8.95. The maximum absolute atomic E-state index is 13.6. The van der Waals surface area contributed by atoms with E-state index in [1.807, 2.05) is 12.2 Å². The van der Waals surface area contributed by atoms with Crippen LogP contribution >= 0.6 is 0 Å². The zero-order valence-electron chi connectivity index (χ0n) is 15.4. The summed E-state index contributed by atoms with van der Waals surface area (Å²) in [4.78, 5) is 49.7. The molecule has 0 saturated carbocycles. The first kappa shape index (κ1) is 19.7. The van der Waals surface area contributed by atoms with Crippen LogP contribution in [0.5, 0.6) is 5.75 Å². The van der Waals surface area contributed by atoms with E-state index in [1.165, 1.54) is 19.2 Å². The number of methoxy groups -OCH3 is 1. The monoisotopic (exact) mass is 389 g/mol. The van der Waals surface area contributed by atoms with Gasteiger partial charge in [-0.05, 0) is 31.0 Å². The third kappa shape index (κ3) is 3.95. The maximum Gasteiger partial charge on any atom is 0.308 e. The van der Waals surface area contributed by atoms with Crippen LogP contribution in [0.15, 0.2) is 30.4 Å². The van der Waals surface area contributed by atoms with Crippen LogP contribution in [0.1, 0.15) is 29.6 Å². The van der Waals surface area contributed by atoms with Crippen LogP contribution in [0.3, 0.4) is 0 Å². The van der Waals surface area contributed by atoms with E-state index in [-0.39, 0.29) is 47.9 Å². The predicted octanol–water partition coefficient (Wildman–Crippen LogP) is 1.90. The average Bonchev–Trinajstić information content (AvgIpc) is 2.95. The fourth-order valence-corrected chi connectivity index (χ4v) is 3.43. The highest BCUT2D eigenvalue weighted by Crippen LogP contribution is 2.35. The number of fused-ring (bicyclic) bond motifs is 1. The van der Waals surface area contributed by atoms with Crippen molar-refractivity contribution in [3.05, 3.63) is 41.7 Å². The Bertz CT molecular complexity index is 823. The molecule has 1 aliphatic heterocycles. The molecule has 3 rings (SSSR count). The molecule has 1 fully saturated rings. The van der Waals surface area contributed by atoms with Gasteiger partial charge in [0.05, 0.1) is 25.4 Å². The Hall–Kier alpha value is -3.03. The minimum Gasteiger partial charge on any atom is -0.494 e. The van der Waals surface area contributed by atoms with Gasteiger partial charge in [0, 0.05) is 12.1 Å². The lowest BCUT2D eigenvalue weighted by atomic mass is 9.85. The van der Waals surface area contributed by atoms with Crippen LogP contribution in [-0.4, -0.2) is 48.7 Å². The number of nitrogens with zero attached hydrogens (tertiary/aromatic N) is 1. The van der Waals surface area contributed by atoms with Crippen molar-refractivity contribution in [3.63, 3.8) is 0 Å². The average molecular weight is 389 g/mol. The van der Waals surface area contributed by atoms with Gasteiger partial charge in [-0.2, -0.15) is 0 Å². The Balaban J connectivity index is 1.48. The number of amides is 2. The maximum atomic E-state index is 13.6. The number of Topliss-reactive ketones (excluding diaryl/α,β-unsaturated/α-hetero) is 1. The SMILES string of the molecule is COc1ccc(C(=O)COC(=O)CCN2C(=O)[C@@H]3CC=CC[C@H]3C2=O)cc1F. The molecule has 2 aliphatic rings. The number of benzene rings is 1. The predicted molar refractivity (Wildman–Crippen MR) is 94.9 cm³/mol. The highest BCUT2D eigenvalue weighted by molar-refractivity contribution is 6.05. The van der Waals surface area contributed by atoms with Gasteiger partial charge in [-0.1, -0.05) is 12.2 Å². The molecule has 1 saturated heterocycles. The molecule has 1 aromatic carbocycles. The fraction of sp³-hybridized carbons (Fsp3) is 0.400. The van der Waals surface area contributed by atoms with Gasteiger partial charge in [0.25, 0.3) is 0 Å². The van der Waals surface area contributed by atoms with E-state index in [0.717, 1.165) is 11.0 Å². The van der Waals surface area contributed by atoms with Gasteiger partial charge in [0.1, 0.15) is 0 Å². The van der Waals surface area contributed by atoms with E-state index in [0.29, 0.717) is 12.8 Å². The van der Waals surface area contributed by atoms with Crippen LogP contribution in [0.4, 0.5) is 4.39 Å². The molecular weight excluding hydrogens is 369 g/mol. The fourth-order valence-electron chi connectivity index (χ4n) is 3.43. The first-order chi connectivity index (χ1) is 13.4. The molecule has 1 aliphatic carbocycles. The number of carbonyl (C=O) groups excluding carboxylic acids is 4. The van der Waals surface area contributed by atoms with Crippen LogP contribution in [0, 0.1) is 17.7 Å². The number of hydrogen-bond donors (Lipinski definition) is 0. The van der Waals surface area contributed by atoms with Crippen molar-refractivity contribution in [1.82, 2.24) is 4.90 Å². The van der Waals surface area contributed by atoms with Crippen molar-refractivity contribution in [2.75, 3.05) is 20.3 Å². The Labute approximate surface area is 161 Å². The molecule has 0 aromatic heterocycles. The molecule has 2 atom stereocenters. The van der Waals surface area contributed by atoms with Crippen molar-refractivity contribution in [3.8, 4) is 5.75 Å². The zero-order valence-corrected chi connectivity index (χ0v) is 15.4. The lowest BCUT2D eigenvalue weighted by molar-refractivity contribution is -0.145. The topological polar surface area (TPSA) is 90.0 Å². The number of hydrogen-bond acceptors (Lipinski definition) is 6. The third-order valence-electron chi connectivity index (χ3n) is 4.98. The number of likely N-dealkylation sites (tertiary alicyclic amines) is 1. The number of imide groups is 1. The van der Waals surface area contributed by atoms with Crippen LogP contribution in [-0.2, 0) is 19.1 Å². The summed E-state index contributed by atoms with van der Waals surface area (Å²) in [5, 5.41) is 0. The minimum atomic E-state index is -0.712. The van der Waals surface area contributed by atoms with Gasteiger partial charge in [-0.25, -0.2) is 4.39 Å². The lowest BCUT2D eigenvalue weighted by Crippen LogP contribution is -2.33. The summed E-state index contributed by atoms with van der Waals surface area (Å²) >= 11 is 0. The van der Waals surface area contributed by atoms with E-state index in [9.17, 15) is 23.6 Å². The summed E-state index contributed by atoms with van der Waals surface area (Å²) in [6, 6.07) is 3.69. The number of ketones is 1. The van der Waals surface area contributed by atoms with Gasteiger partial charge < -0.3 is 9.47 Å². The molecular formula is C20H20FNO6. The normalized spacial score (nSPS) is 20.9. The highest BCUT2D eigenvalue weighted by atomic mass is 19.1. The first-order valence-corrected chi connectivity index (χ1v) is 8.95. The van der Waals surface area contributed by atoms with E-state index in [4.69, 9.17) is 9.47 Å². The van der Waals surface area contributed by atoms with Crippen molar-refractivity contribution < 1.29 is 33.0 Å². The number of carbonyl (C=O) groups is 4. The van der Waals surface area contributed by atoms with Crippen molar-refractivity contribution in [2.24, 2.45) is 11.8 Å². The second kappa shape index (κ2) is 8.33. The number of halogens is 1. The minimum absolute atomic E-state index is 0.00394. The van der Waals surface area contributed by atoms with E-state index in [1.54, 1.807) is 0 Å². The van der Waals surface area contributed by atoms with Crippen LogP contribution in [0.2, 0.25) is 0 Å². The second-order valence-electron chi connectivity index (χ2n) is 6.67. The van der Waals surface area contributed by atoms with Crippen LogP contribution in [0.25, 0.3) is 0 Å². The number of esters is 1. The molecule has 148 valence electrons. The Kier molecular flexibility index (Phi) is 5.87. The van der Waals surface area contributed by atoms with E-state index in [2.05, 4.69) is 0 Å². The summed E-state index contributed by atoms with van der Waals surface area (Å²) in [5.74, 6) is -3.20. The molecule has 0 spiro atoms. The van der Waals surface area contributed by atoms with Gasteiger partial charge >= 0.3 is 5.97 Å². The molecule has 1 heterocycles. The highest BCUT2D eigenvalue weighted by Gasteiger charge is 2.46. The molecule has 7 nitrogen and oxygen atoms in total. The van der Waals surface area contributed by atoms with E-state index < -0.39 is 24.2 Å². The summed E-state index contributed by atoms with van der Waals surface area (Å²) < 4.78 is 23.3. The Morgan fingerprint density at radius 2 is 1.79 bits per heavy atom. The summed E-state index contributed by atoms with van der Waals surface area (Å²) in [7, 11) is 1.31. The molecule has 28 heavy (non-hydrogen) atoms. The smallest absolute Gasteiger partial charge is 0.308 e. The number of allylic oxidation sites excluding steroid dienone is 2. The molecule has 2 amide bonds. The van der Waals surface area contributed by atoms with Gasteiger partial charge in [-0.3, -0.25) is 24.1 Å². The van der Waals surface area contributed by atoms with Gasteiger partial charge in [0.2, 0.25) is 11.8 Å².